The van der Waals surface area contributed by atoms with Gasteiger partial charge >= 0.3 is 0 Å². The second kappa shape index (κ2) is 10.0. The first-order valence-electron chi connectivity index (χ1n) is 9.34. The van der Waals surface area contributed by atoms with Gasteiger partial charge in [0.15, 0.2) is 0 Å². The van der Waals surface area contributed by atoms with Crippen LogP contribution in [0.1, 0.15) is 23.1 Å². The molecular formula is C24H23ClO4. The lowest BCUT2D eigenvalue weighted by Gasteiger charge is -2.17. The van der Waals surface area contributed by atoms with Gasteiger partial charge in [0.25, 0.3) is 0 Å². The van der Waals surface area contributed by atoms with Crippen LogP contribution in [0.4, 0.5) is 0 Å². The molecule has 0 aliphatic carbocycles. The number of halogens is 1. The van der Waals surface area contributed by atoms with Gasteiger partial charge in [-0.05, 0) is 70.7 Å². The highest BCUT2D eigenvalue weighted by atomic mass is 35.5. The number of ether oxygens (including phenoxy) is 1. The minimum atomic E-state index is -0.0405. The maximum absolute atomic E-state index is 9.72. The SMILES string of the molecule is OCCOc1ccc(/C(=C(/CCCl)c2ccc(O)cc2)c2ccc(O)cc2)cc1. The van der Waals surface area contributed by atoms with Crippen LogP contribution in [0.5, 0.6) is 17.2 Å². The molecule has 150 valence electrons. The first-order valence-corrected chi connectivity index (χ1v) is 9.88. The molecule has 5 heteroatoms. The Bertz CT molecular complexity index is 946. The molecule has 0 spiro atoms. The number of hydrogen-bond acceptors (Lipinski definition) is 4. The Kier molecular flexibility index (Phi) is 7.17. The molecule has 0 unspecified atom stereocenters. The lowest BCUT2D eigenvalue weighted by molar-refractivity contribution is 0.201. The van der Waals surface area contributed by atoms with E-state index in [1.165, 1.54) is 0 Å². The van der Waals surface area contributed by atoms with Gasteiger partial charge in [-0.3, -0.25) is 0 Å². The molecule has 3 aromatic rings. The van der Waals surface area contributed by atoms with Gasteiger partial charge in [0.05, 0.1) is 6.61 Å². The Hall–Kier alpha value is -2.95. The molecule has 0 aromatic heterocycles. The molecule has 3 N–H and O–H groups in total. The van der Waals surface area contributed by atoms with Crippen LogP contribution in [0.25, 0.3) is 11.1 Å². The maximum Gasteiger partial charge on any atom is 0.119 e. The maximum atomic E-state index is 9.72. The van der Waals surface area contributed by atoms with Gasteiger partial charge in [0, 0.05) is 5.88 Å². The summed E-state index contributed by atoms with van der Waals surface area (Å²) in [4.78, 5) is 0. The summed E-state index contributed by atoms with van der Waals surface area (Å²) >= 11 is 6.14. The van der Waals surface area contributed by atoms with E-state index < -0.39 is 0 Å². The fourth-order valence-electron chi connectivity index (χ4n) is 3.20. The summed E-state index contributed by atoms with van der Waals surface area (Å²) < 4.78 is 5.47. The Morgan fingerprint density at radius 2 is 1.21 bits per heavy atom. The highest BCUT2D eigenvalue weighted by molar-refractivity contribution is 6.18. The van der Waals surface area contributed by atoms with Gasteiger partial charge in [-0.15, -0.1) is 11.6 Å². The summed E-state index contributed by atoms with van der Waals surface area (Å²) in [7, 11) is 0. The molecular weight excluding hydrogens is 388 g/mol. The van der Waals surface area contributed by atoms with Crippen molar-refractivity contribution >= 4 is 22.7 Å². The van der Waals surface area contributed by atoms with Gasteiger partial charge < -0.3 is 20.1 Å². The first-order chi connectivity index (χ1) is 14.1. The molecule has 3 aromatic carbocycles. The molecule has 0 heterocycles. The average molecular weight is 411 g/mol. The second-order valence-corrected chi connectivity index (χ2v) is 6.86. The molecule has 0 saturated heterocycles. The summed E-state index contributed by atoms with van der Waals surface area (Å²) in [5.74, 6) is 1.52. The zero-order chi connectivity index (χ0) is 20.6. The Balaban J connectivity index is 2.16. The Labute approximate surface area is 175 Å². The number of phenolic OH excluding ortho intramolecular Hbond substituents is 2. The monoisotopic (exact) mass is 410 g/mol. The largest absolute Gasteiger partial charge is 0.508 e. The van der Waals surface area contributed by atoms with Crippen LogP contribution in [0.15, 0.2) is 72.8 Å². The van der Waals surface area contributed by atoms with Gasteiger partial charge in [0.2, 0.25) is 0 Å². The van der Waals surface area contributed by atoms with Crippen LogP contribution in [-0.4, -0.2) is 34.4 Å². The van der Waals surface area contributed by atoms with Crippen LogP contribution in [0.2, 0.25) is 0 Å². The van der Waals surface area contributed by atoms with Crippen molar-refractivity contribution in [1.29, 1.82) is 0 Å². The van der Waals surface area contributed by atoms with E-state index in [1.54, 1.807) is 24.3 Å². The topological polar surface area (TPSA) is 69.9 Å². The zero-order valence-corrected chi connectivity index (χ0v) is 16.6. The van der Waals surface area contributed by atoms with E-state index in [0.29, 0.717) is 18.1 Å². The van der Waals surface area contributed by atoms with Crippen LogP contribution in [0, 0.1) is 0 Å². The van der Waals surface area contributed by atoms with Crippen molar-refractivity contribution in [3.8, 4) is 17.2 Å². The molecule has 0 aliphatic rings. The number of benzene rings is 3. The van der Waals surface area contributed by atoms with Crippen molar-refractivity contribution in [2.45, 2.75) is 6.42 Å². The fourth-order valence-corrected chi connectivity index (χ4v) is 3.38. The molecule has 0 atom stereocenters. The average Bonchev–Trinajstić information content (AvgIpc) is 2.74. The van der Waals surface area contributed by atoms with E-state index >= 15 is 0 Å². The molecule has 3 rings (SSSR count). The van der Waals surface area contributed by atoms with E-state index in [1.807, 2.05) is 48.5 Å². The standard InChI is InChI=1S/C24H23ClO4/c25-14-13-23(17-1-7-20(27)8-2-17)24(18-3-9-21(28)10-4-18)19-5-11-22(12-6-19)29-16-15-26/h1-12,26-28H,13-16H2/b24-23-. The van der Waals surface area contributed by atoms with Crippen molar-refractivity contribution < 1.29 is 20.1 Å². The normalized spacial score (nSPS) is 11.8. The summed E-state index contributed by atoms with van der Waals surface area (Å²) in [6, 6.07) is 21.8. The van der Waals surface area contributed by atoms with Gasteiger partial charge in [0.1, 0.15) is 23.9 Å². The quantitative estimate of drug-likeness (QED) is 0.358. The molecule has 0 fully saturated rings. The molecule has 0 bridgehead atoms. The summed E-state index contributed by atoms with van der Waals surface area (Å²) in [5.41, 5.74) is 4.91. The lowest BCUT2D eigenvalue weighted by Crippen LogP contribution is -2.01. The molecule has 0 saturated carbocycles. The van der Waals surface area contributed by atoms with Gasteiger partial charge in [-0.1, -0.05) is 36.4 Å². The highest BCUT2D eigenvalue weighted by Gasteiger charge is 2.14. The minimum Gasteiger partial charge on any atom is -0.508 e. The molecule has 0 aliphatic heterocycles. The third-order valence-electron chi connectivity index (χ3n) is 4.52. The zero-order valence-electron chi connectivity index (χ0n) is 15.9. The number of aliphatic hydroxyl groups is 1. The van der Waals surface area contributed by atoms with Crippen LogP contribution < -0.4 is 4.74 Å². The predicted octanol–water partition coefficient (Wildman–Crippen LogP) is 5.06. The van der Waals surface area contributed by atoms with Gasteiger partial charge in [-0.25, -0.2) is 0 Å². The number of aliphatic hydroxyl groups excluding tert-OH is 1. The molecule has 0 amide bonds. The van der Waals surface area contributed by atoms with Gasteiger partial charge in [-0.2, -0.15) is 0 Å². The van der Waals surface area contributed by atoms with Crippen LogP contribution >= 0.6 is 11.6 Å². The van der Waals surface area contributed by atoms with E-state index in [2.05, 4.69) is 0 Å². The lowest BCUT2D eigenvalue weighted by atomic mass is 9.88. The Morgan fingerprint density at radius 3 is 1.69 bits per heavy atom. The van der Waals surface area contributed by atoms with Crippen LogP contribution in [0.3, 0.4) is 0 Å². The number of aromatic hydroxyl groups is 2. The summed E-state index contributed by atoms with van der Waals surface area (Å²) in [5, 5.41) is 28.3. The van der Waals surface area contributed by atoms with E-state index in [0.717, 1.165) is 27.8 Å². The third-order valence-corrected chi connectivity index (χ3v) is 4.71. The predicted molar refractivity (Wildman–Crippen MR) is 116 cm³/mol. The molecule has 29 heavy (non-hydrogen) atoms. The number of rotatable bonds is 8. The number of alkyl halides is 1. The van der Waals surface area contributed by atoms with Crippen molar-refractivity contribution in [3.63, 3.8) is 0 Å². The summed E-state index contributed by atoms with van der Waals surface area (Å²) in [6.45, 7) is 0.201. The number of allylic oxidation sites excluding steroid dienone is 1. The highest BCUT2D eigenvalue weighted by Crippen LogP contribution is 2.36. The second-order valence-electron chi connectivity index (χ2n) is 6.48. The Morgan fingerprint density at radius 1 is 0.724 bits per heavy atom. The van der Waals surface area contributed by atoms with E-state index in [9.17, 15) is 10.2 Å². The van der Waals surface area contributed by atoms with E-state index in [4.69, 9.17) is 21.4 Å². The van der Waals surface area contributed by atoms with Crippen molar-refractivity contribution in [2.24, 2.45) is 0 Å². The van der Waals surface area contributed by atoms with Crippen molar-refractivity contribution in [3.05, 3.63) is 89.5 Å². The smallest absolute Gasteiger partial charge is 0.119 e. The van der Waals surface area contributed by atoms with Crippen molar-refractivity contribution in [2.75, 3.05) is 19.1 Å². The number of hydrogen-bond donors (Lipinski definition) is 3. The van der Waals surface area contributed by atoms with Crippen LogP contribution in [-0.2, 0) is 0 Å². The first kappa shape index (κ1) is 20.8. The molecule has 4 nitrogen and oxygen atoms in total. The van der Waals surface area contributed by atoms with E-state index in [-0.39, 0.29) is 24.7 Å². The van der Waals surface area contributed by atoms with Crippen molar-refractivity contribution in [1.82, 2.24) is 0 Å². The fraction of sp³-hybridized carbons (Fsp3) is 0.167. The third kappa shape index (κ3) is 5.31. The number of phenols is 2. The summed E-state index contributed by atoms with van der Waals surface area (Å²) in [6.07, 6.45) is 0.630. The minimum absolute atomic E-state index is 0.0405. The molecule has 0 radical (unpaired) electrons.